The van der Waals surface area contributed by atoms with Crippen molar-refractivity contribution in [3.05, 3.63) is 47.7 Å². The zero-order valence-corrected chi connectivity index (χ0v) is 10.4. The number of pyridine rings is 1. The van der Waals surface area contributed by atoms with E-state index in [1.165, 1.54) is 6.20 Å². The average Bonchev–Trinajstić information content (AvgIpc) is 2.46. The van der Waals surface area contributed by atoms with Gasteiger partial charge in [-0.15, -0.1) is 0 Å². The zero-order chi connectivity index (χ0) is 13.7. The maximum atomic E-state index is 11.8. The number of rotatable bonds is 4. The van der Waals surface area contributed by atoms with Gasteiger partial charge in [-0.05, 0) is 19.1 Å². The molecule has 2 rings (SSSR count). The molecule has 0 saturated carbocycles. The summed E-state index contributed by atoms with van der Waals surface area (Å²) in [5, 5.41) is 2.74. The van der Waals surface area contributed by atoms with Crippen molar-refractivity contribution in [1.82, 2.24) is 20.3 Å². The lowest BCUT2D eigenvalue weighted by Crippen LogP contribution is -2.23. The first kappa shape index (κ1) is 12.9. The first-order valence-corrected chi connectivity index (χ1v) is 5.67. The Bertz CT molecular complexity index is 551. The number of nitrogens with one attached hydrogen (secondary N) is 2. The van der Waals surface area contributed by atoms with Crippen LogP contribution < -0.4 is 16.6 Å². The van der Waals surface area contributed by atoms with E-state index in [0.717, 1.165) is 5.69 Å². The fraction of sp³-hybridized carbons (Fsp3) is 0.167. The number of amides is 1. The Labute approximate surface area is 110 Å². The van der Waals surface area contributed by atoms with Crippen molar-refractivity contribution in [3.63, 3.8) is 0 Å². The van der Waals surface area contributed by atoms with Crippen LogP contribution in [0.4, 0.5) is 5.82 Å². The minimum atomic E-state index is -0.224. The van der Waals surface area contributed by atoms with Gasteiger partial charge in [-0.2, -0.15) is 0 Å². The van der Waals surface area contributed by atoms with Gasteiger partial charge in [0, 0.05) is 12.4 Å². The summed E-state index contributed by atoms with van der Waals surface area (Å²) in [5.41, 5.74) is 4.39. The second-order valence-electron chi connectivity index (χ2n) is 3.91. The summed E-state index contributed by atoms with van der Waals surface area (Å²) in [6.45, 7) is 2.18. The monoisotopic (exact) mass is 258 g/mol. The number of hydrogen-bond donors (Lipinski definition) is 3. The number of hydrazine groups is 1. The molecule has 2 heterocycles. The number of anilines is 1. The molecule has 0 unspecified atom stereocenters. The molecule has 4 N–H and O–H groups in total. The van der Waals surface area contributed by atoms with E-state index in [1.54, 1.807) is 24.5 Å². The number of nitrogens with zero attached hydrogens (tertiary/aromatic N) is 3. The molecule has 0 saturated heterocycles. The van der Waals surface area contributed by atoms with Crippen LogP contribution in [0.5, 0.6) is 0 Å². The number of aryl methyl sites for hydroxylation is 1. The van der Waals surface area contributed by atoms with Gasteiger partial charge in [-0.1, -0.05) is 0 Å². The van der Waals surface area contributed by atoms with E-state index in [0.29, 0.717) is 23.6 Å². The van der Waals surface area contributed by atoms with E-state index in [1.807, 2.05) is 6.92 Å². The summed E-state index contributed by atoms with van der Waals surface area (Å²) in [6, 6.07) is 3.26. The maximum Gasteiger partial charge on any atom is 0.253 e. The molecule has 0 aliphatic rings. The van der Waals surface area contributed by atoms with Gasteiger partial charge < -0.3 is 10.7 Å². The van der Waals surface area contributed by atoms with E-state index >= 15 is 0 Å². The number of nitrogens with two attached hydrogens (primary N) is 1. The van der Waals surface area contributed by atoms with Crippen LogP contribution in [0.2, 0.25) is 0 Å². The third-order valence-corrected chi connectivity index (χ3v) is 2.44. The topological polar surface area (TPSA) is 106 Å². The highest BCUT2D eigenvalue weighted by Crippen LogP contribution is 2.03. The van der Waals surface area contributed by atoms with Crippen molar-refractivity contribution in [2.24, 2.45) is 5.84 Å². The molecule has 0 radical (unpaired) electrons. The van der Waals surface area contributed by atoms with Gasteiger partial charge in [0.25, 0.3) is 5.91 Å². The molecule has 0 bridgehead atoms. The van der Waals surface area contributed by atoms with Gasteiger partial charge in [0.15, 0.2) is 0 Å². The third kappa shape index (κ3) is 3.46. The largest absolute Gasteiger partial charge is 0.346 e. The number of aromatic nitrogens is 3. The van der Waals surface area contributed by atoms with Crippen molar-refractivity contribution >= 4 is 11.7 Å². The highest BCUT2D eigenvalue weighted by Gasteiger charge is 2.06. The summed E-state index contributed by atoms with van der Waals surface area (Å²) in [4.78, 5) is 24.0. The Morgan fingerprint density at radius 3 is 2.63 bits per heavy atom. The van der Waals surface area contributed by atoms with E-state index in [4.69, 9.17) is 5.84 Å². The first-order chi connectivity index (χ1) is 9.19. The van der Waals surface area contributed by atoms with Crippen LogP contribution in [0.1, 0.15) is 21.7 Å². The number of nitrogen functional groups attached to an aromatic ring is 1. The normalized spacial score (nSPS) is 10.0. The molecule has 0 spiro atoms. The van der Waals surface area contributed by atoms with Crippen LogP contribution in [0.25, 0.3) is 0 Å². The average molecular weight is 258 g/mol. The van der Waals surface area contributed by atoms with Crippen LogP contribution in [-0.4, -0.2) is 20.9 Å². The Morgan fingerprint density at radius 1 is 1.21 bits per heavy atom. The fourth-order valence-electron chi connectivity index (χ4n) is 1.40. The van der Waals surface area contributed by atoms with E-state index in [9.17, 15) is 4.79 Å². The summed E-state index contributed by atoms with van der Waals surface area (Å²) < 4.78 is 0. The van der Waals surface area contributed by atoms with E-state index < -0.39 is 0 Å². The molecule has 2 aromatic heterocycles. The Hall–Kier alpha value is -2.54. The highest BCUT2D eigenvalue weighted by atomic mass is 16.1. The molecule has 0 aliphatic carbocycles. The van der Waals surface area contributed by atoms with Gasteiger partial charge in [0.2, 0.25) is 0 Å². The lowest BCUT2D eigenvalue weighted by molar-refractivity contribution is 0.0950. The quantitative estimate of drug-likeness (QED) is 0.541. The summed E-state index contributed by atoms with van der Waals surface area (Å²) in [6.07, 6.45) is 4.74. The second-order valence-corrected chi connectivity index (χ2v) is 3.91. The van der Waals surface area contributed by atoms with Crippen LogP contribution in [0.3, 0.4) is 0 Å². The van der Waals surface area contributed by atoms with Gasteiger partial charge in [-0.3, -0.25) is 14.8 Å². The Balaban J connectivity index is 1.95. The number of hydrogen-bond acceptors (Lipinski definition) is 6. The van der Waals surface area contributed by atoms with Crippen molar-refractivity contribution in [3.8, 4) is 0 Å². The molecule has 1 amide bonds. The van der Waals surface area contributed by atoms with Gasteiger partial charge in [0.05, 0.1) is 29.7 Å². The highest BCUT2D eigenvalue weighted by molar-refractivity contribution is 5.93. The SMILES string of the molecule is Cc1cnc(CNC(=O)c2ccc(NN)nc2)cn1. The van der Waals surface area contributed by atoms with Gasteiger partial charge >= 0.3 is 0 Å². The number of carbonyl (C=O) groups excluding carboxylic acids is 1. The lowest BCUT2D eigenvalue weighted by atomic mass is 10.2. The molecule has 98 valence electrons. The van der Waals surface area contributed by atoms with Crippen molar-refractivity contribution in [1.29, 1.82) is 0 Å². The molecule has 7 heteroatoms. The zero-order valence-electron chi connectivity index (χ0n) is 10.4. The molecule has 19 heavy (non-hydrogen) atoms. The van der Waals surface area contributed by atoms with E-state index in [2.05, 4.69) is 25.7 Å². The molecular weight excluding hydrogens is 244 g/mol. The Kier molecular flexibility index (Phi) is 3.99. The second kappa shape index (κ2) is 5.87. The summed E-state index contributed by atoms with van der Waals surface area (Å²) in [7, 11) is 0. The smallest absolute Gasteiger partial charge is 0.253 e. The molecule has 2 aromatic rings. The molecular formula is C12H14N6O. The van der Waals surface area contributed by atoms with Crippen molar-refractivity contribution < 1.29 is 4.79 Å². The standard InChI is InChI=1S/C12H14N6O/c1-8-4-15-10(6-14-8)7-17-12(19)9-2-3-11(18-13)16-5-9/h2-6H,7,13H2,1H3,(H,16,18)(H,17,19). The maximum absolute atomic E-state index is 11.8. The first-order valence-electron chi connectivity index (χ1n) is 5.67. The van der Waals surface area contributed by atoms with Crippen molar-refractivity contribution in [2.45, 2.75) is 13.5 Å². The molecule has 0 atom stereocenters. The fourth-order valence-corrected chi connectivity index (χ4v) is 1.40. The van der Waals surface area contributed by atoms with Gasteiger partial charge in [0.1, 0.15) is 5.82 Å². The minimum Gasteiger partial charge on any atom is -0.346 e. The number of carbonyl (C=O) groups is 1. The van der Waals surface area contributed by atoms with Crippen LogP contribution in [-0.2, 0) is 6.54 Å². The predicted molar refractivity (Wildman–Crippen MR) is 70.0 cm³/mol. The third-order valence-electron chi connectivity index (χ3n) is 2.44. The van der Waals surface area contributed by atoms with Crippen LogP contribution >= 0.6 is 0 Å². The summed E-state index contributed by atoms with van der Waals surface area (Å²) in [5.74, 6) is 5.47. The summed E-state index contributed by atoms with van der Waals surface area (Å²) >= 11 is 0. The molecule has 0 aliphatic heterocycles. The molecule has 0 aromatic carbocycles. The molecule has 0 fully saturated rings. The predicted octanol–water partition coefficient (Wildman–Crippen LogP) is 0.396. The van der Waals surface area contributed by atoms with Crippen LogP contribution in [0.15, 0.2) is 30.7 Å². The minimum absolute atomic E-state index is 0.224. The molecule has 7 nitrogen and oxygen atoms in total. The van der Waals surface area contributed by atoms with Crippen LogP contribution in [0, 0.1) is 6.92 Å². The van der Waals surface area contributed by atoms with Crippen molar-refractivity contribution in [2.75, 3.05) is 5.43 Å². The Morgan fingerprint density at radius 2 is 2.05 bits per heavy atom. The van der Waals surface area contributed by atoms with Gasteiger partial charge in [-0.25, -0.2) is 10.8 Å². The lowest BCUT2D eigenvalue weighted by Gasteiger charge is -2.05. The van der Waals surface area contributed by atoms with E-state index in [-0.39, 0.29) is 5.91 Å².